The zero-order valence-electron chi connectivity index (χ0n) is 16.8. The Kier molecular flexibility index (Phi) is 6.87. The lowest BCUT2D eigenvalue weighted by Gasteiger charge is -2.23. The summed E-state index contributed by atoms with van der Waals surface area (Å²) in [6.45, 7) is 3.40. The summed E-state index contributed by atoms with van der Waals surface area (Å²) >= 11 is 0. The first-order valence-corrected chi connectivity index (χ1v) is 8.77. The van der Waals surface area contributed by atoms with E-state index < -0.39 is 17.2 Å². The third kappa shape index (κ3) is 4.73. The van der Waals surface area contributed by atoms with Crippen LogP contribution >= 0.6 is 0 Å². The molecule has 0 heterocycles. The molecule has 0 aromatic heterocycles. The summed E-state index contributed by atoms with van der Waals surface area (Å²) in [5.41, 5.74) is 0.0555. The molecule has 0 saturated carbocycles. The van der Waals surface area contributed by atoms with Gasteiger partial charge in [-0.25, -0.2) is 0 Å². The Labute approximate surface area is 165 Å². The first-order valence-electron chi connectivity index (χ1n) is 8.77. The van der Waals surface area contributed by atoms with E-state index >= 15 is 0 Å². The predicted octanol–water partition coefficient (Wildman–Crippen LogP) is 2.99. The van der Waals surface area contributed by atoms with E-state index in [1.165, 1.54) is 7.11 Å². The molecule has 0 aliphatic heterocycles. The topological polar surface area (TPSA) is 85.9 Å². The van der Waals surface area contributed by atoms with Crippen LogP contribution in [0.15, 0.2) is 42.5 Å². The van der Waals surface area contributed by atoms with Crippen molar-refractivity contribution in [2.75, 3.05) is 26.6 Å². The van der Waals surface area contributed by atoms with Crippen LogP contribution in [0.1, 0.15) is 19.4 Å². The van der Waals surface area contributed by atoms with Crippen LogP contribution in [0.3, 0.4) is 0 Å². The number of amides is 2. The van der Waals surface area contributed by atoms with E-state index in [4.69, 9.17) is 14.2 Å². The van der Waals surface area contributed by atoms with Gasteiger partial charge in [-0.2, -0.15) is 0 Å². The number of carbonyl (C=O) groups excluding carboxylic acids is 2. The maximum absolute atomic E-state index is 12.7. The van der Waals surface area contributed by atoms with Crippen molar-refractivity contribution in [3.8, 4) is 17.2 Å². The number of nitrogens with one attached hydrogen (secondary N) is 2. The Morgan fingerprint density at radius 3 is 2.14 bits per heavy atom. The summed E-state index contributed by atoms with van der Waals surface area (Å²) in [6.07, 6.45) is 0. The number of benzene rings is 2. The number of hydrogen-bond donors (Lipinski definition) is 2. The second-order valence-corrected chi connectivity index (χ2v) is 6.65. The Bertz CT molecular complexity index is 848. The maximum atomic E-state index is 12.7. The lowest BCUT2D eigenvalue weighted by molar-refractivity contribution is -0.138. The minimum absolute atomic E-state index is 0.255. The molecule has 150 valence electrons. The average Bonchev–Trinajstić information content (AvgIpc) is 2.71. The van der Waals surface area contributed by atoms with Gasteiger partial charge >= 0.3 is 0 Å². The van der Waals surface area contributed by atoms with E-state index in [0.717, 1.165) is 5.56 Å². The maximum Gasteiger partial charge on any atom is 0.239 e. The molecule has 2 aromatic rings. The van der Waals surface area contributed by atoms with Gasteiger partial charge in [-0.3, -0.25) is 9.59 Å². The van der Waals surface area contributed by atoms with Crippen LogP contribution in [0, 0.1) is 5.41 Å². The zero-order valence-corrected chi connectivity index (χ0v) is 16.8. The zero-order chi connectivity index (χ0) is 20.7. The fourth-order valence-electron chi connectivity index (χ4n) is 2.52. The molecule has 2 rings (SSSR count). The van der Waals surface area contributed by atoms with Crippen molar-refractivity contribution in [1.82, 2.24) is 5.32 Å². The molecular weight excluding hydrogens is 360 g/mol. The van der Waals surface area contributed by atoms with Gasteiger partial charge in [-0.15, -0.1) is 0 Å². The largest absolute Gasteiger partial charge is 0.495 e. The standard InChI is InChI=1S/C21H26N2O5/c1-21(2,20(25)23-15-8-6-7-9-16(15)26-3)19(24)22-13-14-10-11-17(27-4)18(12-14)28-5/h6-12H,13H2,1-5H3,(H,22,24)(H,23,25). The van der Waals surface area contributed by atoms with E-state index in [9.17, 15) is 9.59 Å². The van der Waals surface area contributed by atoms with Gasteiger partial charge in [0.05, 0.1) is 27.0 Å². The normalized spacial score (nSPS) is 10.8. The molecule has 0 unspecified atom stereocenters. The highest BCUT2D eigenvalue weighted by molar-refractivity contribution is 6.10. The minimum Gasteiger partial charge on any atom is -0.495 e. The van der Waals surface area contributed by atoms with Gasteiger partial charge in [0.25, 0.3) is 0 Å². The molecule has 0 aliphatic rings. The van der Waals surface area contributed by atoms with Crippen molar-refractivity contribution in [2.24, 2.45) is 5.41 Å². The molecule has 2 amide bonds. The molecule has 0 spiro atoms. The van der Waals surface area contributed by atoms with E-state index in [-0.39, 0.29) is 6.54 Å². The Hall–Kier alpha value is -3.22. The predicted molar refractivity (Wildman–Crippen MR) is 107 cm³/mol. The highest BCUT2D eigenvalue weighted by Crippen LogP contribution is 2.28. The van der Waals surface area contributed by atoms with Crippen molar-refractivity contribution in [1.29, 1.82) is 0 Å². The van der Waals surface area contributed by atoms with E-state index in [1.54, 1.807) is 64.5 Å². The number of anilines is 1. The van der Waals surface area contributed by atoms with Gasteiger partial charge in [-0.1, -0.05) is 18.2 Å². The number of methoxy groups -OCH3 is 3. The lowest BCUT2D eigenvalue weighted by atomic mass is 9.90. The Morgan fingerprint density at radius 1 is 0.857 bits per heavy atom. The third-order valence-electron chi connectivity index (χ3n) is 4.39. The van der Waals surface area contributed by atoms with Crippen LogP contribution in [0.25, 0.3) is 0 Å². The van der Waals surface area contributed by atoms with E-state index in [1.807, 2.05) is 6.07 Å². The fraction of sp³-hybridized carbons (Fsp3) is 0.333. The van der Waals surface area contributed by atoms with Crippen LogP contribution in [0.2, 0.25) is 0 Å². The summed E-state index contributed by atoms with van der Waals surface area (Å²) in [4.78, 5) is 25.3. The number of ether oxygens (including phenoxy) is 3. The Morgan fingerprint density at radius 2 is 1.50 bits per heavy atom. The molecule has 0 atom stereocenters. The summed E-state index contributed by atoms with van der Waals surface area (Å²) in [5, 5.41) is 5.55. The van der Waals surface area contributed by atoms with Crippen LogP contribution in [-0.2, 0) is 16.1 Å². The molecule has 2 aromatic carbocycles. The van der Waals surface area contributed by atoms with Gasteiger partial charge in [0.2, 0.25) is 11.8 Å². The molecule has 0 bridgehead atoms. The van der Waals surface area contributed by atoms with Gasteiger partial charge < -0.3 is 24.8 Å². The molecule has 0 saturated heterocycles. The SMILES string of the molecule is COc1ccccc1NC(=O)C(C)(C)C(=O)NCc1ccc(OC)c(OC)c1. The summed E-state index contributed by atoms with van der Waals surface area (Å²) in [6, 6.07) is 12.4. The highest BCUT2D eigenvalue weighted by atomic mass is 16.5. The first-order chi connectivity index (χ1) is 13.3. The fourth-order valence-corrected chi connectivity index (χ4v) is 2.52. The number of hydrogen-bond acceptors (Lipinski definition) is 5. The number of rotatable bonds is 8. The van der Waals surface area contributed by atoms with Crippen LogP contribution in [0.5, 0.6) is 17.2 Å². The molecule has 0 aliphatic carbocycles. The highest BCUT2D eigenvalue weighted by Gasteiger charge is 2.36. The van der Waals surface area contributed by atoms with Gasteiger partial charge in [-0.05, 0) is 43.7 Å². The lowest BCUT2D eigenvalue weighted by Crippen LogP contribution is -2.44. The van der Waals surface area contributed by atoms with Crippen molar-refractivity contribution < 1.29 is 23.8 Å². The van der Waals surface area contributed by atoms with E-state index in [2.05, 4.69) is 10.6 Å². The second-order valence-electron chi connectivity index (χ2n) is 6.65. The third-order valence-corrected chi connectivity index (χ3v) is 4.39. The average molecular weight is 386 g/mol. The molecule has 7 nitrogen and oxygen atoms in total. The molecule has 0 fully saturated rings. The summed E-state index contributed by atoms with van der Waals surface area (Å²) in [5.74, 6) is 0.880. The van der Waals surface area contributed by atoms with E-state index in [0.29, 0.717) is 22.9 Å². The van der Waals surface area contributed by atoms with Crippen molar-refractivity contribution in [3.05, 3.63) is 48.0 Å². The van der Waals surface area contributed by atoms with Crippen LogP contribution < -0.4 is 24.8 Å². The first kappa shape index (κ1) is 21.1. The molecule has 2 N–H and O–H groups in total. The Balaban J connectivity index is 2.04. The van der Waals surface area contributed by atoms with Crippen molar-refractivity contribution in [2.45, 2.75) is 20.4 Å². The second kappa shape index (κ2) is 9.12. The quantitative estimate of drug-likeness (QED) is 0.681. The van der Waals surface area contributed by atoms with Crippen molar-refractivity contribution >= 4 is 17.5 Å². The molecule has 0 radical (unpaired) electrons. The molecular formula is C21H26N2O5. The van der Waals surface area contributed by atoms with Gasteiger partial charge in [0.1, 0.15) is 11.2 Å². The summed E-state index contributed by atoms with van der Waals surface area (Å²) < 4.78 is 15.7. The number of para-hydroxylation sites is 2. The minimum atomic E-state index is -1.28. The molecule has 7 heteroatoms. The summed E-state index contributed by atoms with van der Waals surface area (Å²) in [7, 11) is 4.62. The smallest absolute Gasteiger partial charge is 0.239 e. The van der Waals surface area contributed by atoms with Gasteiger partial charge in [0, 0.05) is 6.54 Å². The molecule has 28 heavy (non-hydrogen) atoms. The monoisotopic (exact) mass is 386 g/mol. The van der Waals surface area contributed by atoms with Crippen molar-refractivity contribution in [3.63, 3.8) is 0 Å². The van der Waals surface area contributed by atoms with Crippen LogP contribution in [0.4, 0.5) is 5.69 Å². The number of carbonyl (C=O) groups is 2. The van der Waals surface area contributed by atoms with Gasteiger partial charge in [0.15, 0.2) is 11.5 Å². The van der Waals surface area contributed by atoms with Crippen LogP contribution in [-0.4, -0.2) is 33.1 Å².